The monoisotopic (exact) mass is 436 g/mol. The normalized spacial score (nSPS) is 21.6. The SMILES string of the molecule is COc1ccc(Br)cc1C1NC(c2ccc(C)cc2)C(c2ccc(C)cc2)N1. The third-order valence-electron chi connectivity index (χ3n) is 5.40. The molecule has 0 aromatic heterocycles. The Hall–Kier alpha value is -2.14. The van der Waals surface area contributed by atoms with Crippen LogP contribution in [-0.4, -0.2) is 7.11 Å². The first-order chi connectivity index (χ1) is 13.5. The van der Waals surface area contributed by atoms with Crippen molar-refractivity contribution in [1.29, 1.82) is 0 Å². The van der Waals surface area contributed by atoms with Crippen molar-refractivity contribution in [3.05, 3.63) is 99.0 Å². The van der Waals surface area contributed by atoms with E-state index in [1.54, 1.807) is 7.11 Å². The first-order valence-corrected chi connectivity index (χ1v) is 10.3. The number of halogens is 1. The summed E-state index contributed by atoms with van der Waals surface area (Å²) in [6.45, 7) is 4.24. The van der Waals surface area contributed by atoms with E-state index in [4.69, 9.17) is 4.74 Å². The Morgan fingerprint density at radius 3 is 1.71 bits per heavy atom. The van der Waals surface area contributed by atoms with Gasteiger partial charge in [-0.1, -0.05) is 75.6 Å². The highest BCUT2D eigenvalue weighted by Gasteiger charge is 2.36. The van der Waals surface area contributed by atoms with Gasteiger partial charge in [0.1, 0.15) is 5.75 Å². The van der Waals surface area contributed by atoms with Crippen LogP contribution >= 0.6 is 15.9 Å². The third-order valence-corrected chi connectivity index (χ3v) is 5.89. The summed E-state index contributed by atoms with van der Waals surface area (Å²) in [5, 5.41) is 7.59. The van der Waals surface area contributed by atoms with Crippen molar-refractivity contribution in [2.45, 2.75) is 32.1 Å². The molecule has 0 aliphatic carbocycles. The number of aryl methyl sites for hydroxylation is 2. The van der Waals surface area contributed by atoms with Gasteiger partial charge in [-0.25, -0.2) is 0 Å². The van der Waals surface area contributed by atoms with Crippen molar-refractivity contribution < 1.29 is 4.74 Å². The lowest BCUT2D eigenvalue weighted by atomic mass is 9.94. The molecule has 1 aliphatic heterocycles. The Morgan fingerprint density at radius 2 is 1.25 bits per heavy atom. The molecule has 0 saturated carbocycles. The number of hydrogen-bond donors (Lipinski definition) is 2. The molecule has 1 aliphatic rings. The molecule has 4 heteroatoms. The van der Waals surface area contributed by atoms with Crippen molar-refractivity contribution in [1.82, 2.24) is 10.6 Å². The summed E-state index contributed by atoms with van der Waals surface area (Å²) in [6, 6.07) is 24.0. The van der Waals surface area contributed by atoms with E-state index in [9.17, 15) is 0 Å². The van der Waals surface area contributed by atoms with Gasteiger partial charge in [-0.15, -0.1) is 0 Å². The molecule has 0 amide bonds. The van der Waals surface area contributed by atoms with Crippen LogP contribution in [0.25, 0.3) is 0 Å². The molecular weight excluding hydrogens is 412 g/mol. The highest BCUT2D eigenvalue weighted by atomic mass is 79.9. The van der Waals surface area contributed by atoms with E-state index in [1.807, 2.05) is 12.1 Å². The highest BCUT2D eigenvalue weighted by molar-refractivity contribution is 9.10. The average Bonchev–Trinajstić information content (AvgIpc) is 3.14. The predicted octanol–water partition coefficient (Wildman–Crippen LogP) is 5.75. The van der Waals surface area contributed by atoms with Crippen molar-refractivity contribution in [2.24, 2.45) is 0 Å². The Kier molecular flexibility index (Phi) is 5.54. The number of ether oxygens (including phenoxy) is 1. The van der Waals surface area contributed by atoms with Gasteiger partial charge in [0.05, 0.1) is 25.4 Å². The van der Waals surface area contributed by atoms with Crippen LogP contribution in [0.1, 0.15) is 46.1 Å². The standard InChI is InChI=1S/C24H25BrN2O/c1-15-4-8-17(9-5-15)22-23(18-10-6-16(2)7-11-18)27-24(26-22)20-14-19(25)12-13-21(20)28-3/h4-14,22-24,26-27H,1-3H3. The van der Waals surface area contributed by atoms with E-state index >= 15 is 0 Å². The lowest BCUT2D eigenvalue weighted by molar-refractivity contribution is 0.398. The molecule has 3 aromatic carbocycles. The zero-order chi connectivity index (χ0) is 19.7. The van der Waals surface area contributed by atoms with Gasteiger partial charge in [-0.05, 0) is 43.2 Å². The lowest BCUT2D eigenvalue weighted by Crippen LogP contribution is -2.23. The van der Waals surface area contributed by atoms with Gasteiger partial charge in [-0.3, -0.25) is 10.6 Å². The fraction of sp³-hybridized carbons (Fsp3) is 0.250. The number of hydrogen-bond acceptors (Lipinski definition) is 3. The molecule has 144 valence electrons. The summed E-state index contributed by atoms with van der Waals surface area (Å²) in [6.07, 6.45) is -0.00921. The van der Waals surface area contributed by atoms with Crippen molar-refractivity contribution in [3.8, 4) is 5.75 Å². The fourth-order valence-corrected chi connectivity index (χ4v) is 4.21. The third kappa shape index (κ3) is 3.86. The minimum Gasteiger partial charge on any atom is -0.496 e. The summed E-state index contributed by atoms with van der Waals surface area (Å²) in [4.78, 5) is 0. The van der Waals surface area contributed by atoms with Crippen molar-refractivity contribution in [3.63, 3.8) is 0 Å². The number of nitrogens with one attached hydrogen (secondary N) is 2. The van der Waals surface area contributed by atoms with Crippen molar-refractivity contribution in [2.75, 3.05) is 7.11 Å². The molecule has 3 nitrogen and oxygen atoms in total. The van der Waals surface area contributed by atoms with Gasteiger partial charge in [-0.2, -0.15) is 0 Å². The molecule has 0 bridgehead atoms. The molecule has 28 heavy (non-hydrogen) atoms. The van der Waals surface area contributed by atoms with E-state index < -0.39 is 0 Å². The van der Waals surface area contributed by atoms with E-state index in [2.05, 4.69) is 95.0 Å². The van der Waals surface area contributed by atoms with Gasteiger partial charge in [0.25, 0.3) is 0 Å². The molecule has 3 aromatic rings. The summed E-state index contributed by atoms with van der Waals surface area (Å²) in [7, 11) is 1.72. The molecule has 2 atom stereocenters. The molecule has 2 unspecified atom stereocenters. The number of rotatable bonds is 4. The Labute approximate surface area is 175 Å². The van der Waals surface area contributed by atoms with Crippen LogP contribution < -0.4 is 15.4 Å². The van der Waals surface area contributed by atoms with E-state index in [1.165, 1.54) is 22.3 Å². The first kappa shape index (κ1) is 19.2. The Morgan fingerprint density at radius 1 is 0.750 bits per heavy atom. The summed E-state index contributed by atoms with van der Waals surface area (Å²) in [5.41, 5.74) is 6.20. The molecular formula is C24H25BrN2O. The van der Waals surface area contributed by atoms with Gasteiger partial charge < -0.3 is 4.74 Å². The van der Waals surface area contributed by atoms with E-state index in [0.29, 0.717) is 0 Å². The highest BCUT2D eigenvalue weighted by Crippen LogP contribution is 2.40. The van der Waals surface area contributed by atoms with Gasteiger partial charge in [0.2, 0.25) is 0 Å². The predicted molar refractivity (Wildman–Crippen MR) is 118 cm³/mol. The minimum absolute atomic E-state index is 0.00921. The molecule has 1 saturated heterocycles. The molecule has 1 heterocycles. The van der Waals surface area contributed by atoms with Crippen molar-refractivity contribution >= 4 is 15.9 Å². The molecule has 0 spiro atoms. The number of methoxy groups -OCH3 is 1. The minimum atomic E-state index is -0.00921. The smallest absolute Gasteiger partial charge is 0.125 e. The Balaban J connectivity index is 1.73. The van der Waals surface area contributed by atoms with Gasteiger partial charge >= 0.3 is 0 Å². The Bertz CT molecular complexity index is 900. The summed E-state index contributed by atoms with van der Waals surface area (Å²) < 4.78 is 6.66. The zero-order valence-corrected chi connectivity index (χ0v) is 18.0. The van der Waals surface area contributed by atoms with Crippen LogP contribution in [0.5, 0.6) is 5.75 Å². The topological polar surface area (TPSA) is 33.3 Å². The maximum absolute atomic E-state index is 5.63. The molecule has 0 radical (unpaired) electrons. The van der Waals surface area contributed by atoms with E-state index in [0.717, 1.165) is 15.8 Å². The fourth-order valence-electron chi connectivity index (χ4n) is 3.83. The lowest BCUT2D eigenvalue weighted by Gasteiger charge is -2.20. The van der Waals surface area contributed by atoms with Crippen LogP contribution in [-0.2, 0) is 0 Å². The van der Waals surface area contributed by atoms with Crippen LogP contribution in [0, 0.1) is 13.8 Å². The first-order valence-electron chi connectivity index (χ1n) is 9.54. The molecule has 4 rings (SSSR count). The van der Waals surface area contributed by atoms with E-state index in [-0.39, 0.29) is 18.2 Å². The van der Waals surface area contributed by atoms with Gasteiger partial charge in [0.15, 0.2) is 0 Å². The van der Waals surface area contributed by atoms with Crippen LogP contribution in [0.4, 0.5) is 0 Å². The number of benzene rings is 3. The average molecular weight is 437 g/mol. The largest absolute Gasteiger partial charge is 0.496 e. The summed E-state index contributed by atoms with van der Waals surface area (Å²) in [5.74, 6) is 0.875. The maximum Gasteiger partial charge on any atom is 0.125 e. The van der Waals surface area contributed by atoms with Crippen LogP contribution in [0.15, 0.2) is 71.2 Å². The second-order valence-corrected chi connectivity index (χ2v) is 8.35. The van der Waals surface area contributed by atoms with Crippen LogP contribution in [0.2, 0.25) is 0 Å². The maximum atomic E-state index is 5.63. The van der Waals surface area contributed by atoms with Gasteiger partial charge in [0, 0.05) is 10.0 Å². The quantitative estimate of drug-likeness (QED) is 0.546. The second-order valence-electron chi connectivity index (χ2n) is 7.43. The zero-order valence-electron chi connectivity index (χ0n) is 16.4. The molecule has 1 fully saturated rings. The molecule has 2 N–H and O–H groups in total. The summed E-state index contributed by atoms with van der Waals surface area (Å²) >= 11 is 3.60. The second kappa shape index (κ2) is 8.08. The van der Waals surface area contributed by atoms with Crippen LogP contribution in [0.3, 0.4) is 0 Å².